The zero-order chi connectivity index (χ0) is 14.7. The highest BCUT2D eigenvalue weighted by Crippen LogP contribution is 2.40. The van der Waals surface area contributed by atoms with Gasteiger partial charge in [0, 0.05) is 23.1 Å². The average Bonchev–Trinajstić information content (AvgIpc) is 2.90. The zero-order valence-electron chi connectivity index (χ0n) is 11.3. The molecule has 0 spiro atoms. The minimum Gasteiger partial charge on any atom is -0.492 e. The molecule has 2 rings (SSSR count). The van der Waals surface area contributed by atoms with E-state index in [1.54, 1.807) is 18.4 Å². The van der Waals surface area contributed by atoms with Crippen molar-refractivity contribution in [3.63, 3.8) is 0 Å². The van der Waals surface area contributed by atoms with Gasteiger partial charge in [-0.25, -0.2) is 0 Å². The summed E-state index contributed by atoms with van der Waals surface area (Å²) in [7, 11) is 0. The molecule has 5 heteroatoms. The molecule has 0 aliphatic carbocycles. The van der Waals surface area contributed by atoms with E-state index in [1.807, 2.05) is 19.9 Å². The third kappa shape index (κ3) is 3.08. The van der Waals surface area contributed by atoms with Gasteiger partial charge in [0.2, 0.25) is 0 Å². The van der Waals surface area contributed by atoms with Crippen LogP contribution < -0.4 is 4.74 Å². The van der Waals surface area contributed by atoms with Crippen molar-refractivity contribution in [2.24, 2.45) is 0 Å². The van der Waals surface area contributed by atoms with E-state index in [-0.39, 0.29) is 0 Å². The smallest absolute Gasteiger partial charge is 0.139 e. The molecule has 0 saturated heterocycles. The second kappa shape index (κ2) is 6.75. The number of benzene rings is 1. The lowest BCUT2D eigenvalue weighted by atomic mass is 10.0. The fourth-order valence-electron chi connectivity index (χ4n) is 2.04. The maximum Gasteiger partial charge on any atom is 0.139 e. The molecule has 1 aromatic carbocycles. The number of furan rings is 1. The normalized spacial score (nSPS) is 12.4. The molecule has 0 aliphatic heterocycles. The van der Waals surface area contributed by atoms with Crippen molar-refractivity contribution < 1.29 is 9.15 Å². The van der Waals surface area contributed by atoms with E-state index in [2.05, 4.69) is 0 Å². The molecule has 2 aromatic rings. The van der Waals surface area contributed by atoms with Crippen molar-refractivity contribution >= 4 is 34.8 Å². The quantitative estimate of drug-likeness (QED) is 0.638. The van der Waals surface area contributed by atoms with Gasteiger partial charge in [-0.1, -0.05) is 30.1 Å². The van der Waals surface area contributed by atoms with Gasteiger partial charge in [0.25, 0.3) is 0 Å². The minimum absolute atomic E-state index is 0.399. The van der Waals surface area contributed by atoms with E-state index in [0.717, 1.165) is 23.3 Å². The minimum atomic E-state index is -0.399. The Morgan fingerprint density at radius 1 is 1.15 bits per heavy atom. The van der Waals surface area contributed by atoms with Gasteiger partial charge < -0.3 is 9.15 Å². The van der Waals surface area contributed by atoms with E-state index < -0.39 is 5.38 Å². The molecule has 1 unspecified atom stereocenters. The summed E-state index contributed by atoms with van der Waals surface area (Å²) < 4.78 is 10.8. The summed E-state index contributed by atoms with van der Waals surface area (Å²) in [6, 6.07) is 5.31. The van der Waals surface area contributed by atoms with E-state index in [9.17, 15) is 0 Å². The largest absolute Gasteiger partial charge is 0.492 e. The maximum atomic E-state index is 6.52. The Hall–Kier alpha value is -0.830. The molecule has 1 atom stereocenters. The third-order valence-corrected chi connectivity index (χ3v) is 4.09. The van der Waals surface area contributed by atoms with E-state index in [4.69, 9.17) is 44.0 Å². The van der Waals surface area contributed by atoms with Crippen LogP contribution in [0.15, 0.2) is 28.9 Å². The van der Waals surface area contributed by atoms with Crippen molar-refractivity contribution in [2.75, 3.05) is 6.61 Å². The van der Waals surface area contributed by atoms with Crippen LogP contribution in [0, 0.1) is 0 Å². The highest BCUT2D eigenvalue weighted by Gasteiger charge is 2.21. The summed E-state index contributed by atoms with van der Waals surface area (Å²) in [6.45, 7) is 4.43. The van der Waals surface area contributed by atoms with Gasteiger partial charge >= 0.3 is 0 Å². The second-order valence-corrected chi connectivity index (χ2v) is 5.50. The number of ether oxygens (including phenoxy) is 1. The summed E-state index contributed by atoms with van der Waals surface area (Å²) >= 11 is 19.0. The first kappa shape index (κ1) is 15.6. The monoisotopic (exact) mass is 332 g/mol. The van der Waals surface area contributed by atoms with Crippen molar-refractivity contribution in [2.45, 2.75) is 25.6 Å². The Balaban J connectivity index is 2.40. The molecule has 0 radical (unpaired) electrons. The molecule has 0 N–H and O–H groups in total. The first-order valence-corrected chi connectivity index (χ1v) is 7.59. The van der Waals surface area contributed by atoms with Gasteiger partial charge in [0.15, 0.2) is 0 Å². The second-order valence-electron chi connectivity index (χ2n) is 4.25. The molecule has 0 saturated carbocycles. The van der Waals surface area contributed by atoms with Gasteiger partial charge in [0.05, 0.1) is 23.3 Å². The van der Waals surface area contributed by atoms with Crippen LogP contribution in [0.25, 0.3) is 0 Å². The van der Waals surface area contributed by atoms with Crippen molar-refractivity contribution in [1.29, 1.82) is 0 Å². The Kier molecular flexibility index (Phi) is 5.25. The van der Waals surface area contributed by atoms with Gasteiger partial charge in [-0.05, 0) is 24.6 Å². The van der Waals surface area contributed by atoms with Crippen LogP contribution in [0.2, 0.25) is 10.0 Å². The fraction of sp³-hybridized carbons (Fsp3) is 0.333. The lowest BCUT2D eigenvalue weighted by Gasteiger charge is -2.14. The van der Waals surface area contributed by atoms with Crippen LogP contribution >= 0.6 is 34.8 Å². The van der Waals surface area contributed by atoms with Crippen LogP contribution in [0.3, 0.4) is 0 Å². The molecule has 0 amide bonds. The number of alkyl halides is 1. The first-order valence-electron chi connectivity index (χ1n) is 6.40. The Morgan fingerprint density at radius 3 is 2.55 bits per heavy atom. The van der Waals surface area contributed by atoms with Crippen LogP contribution in [0.5, 0.6) is 5.75 Å². The summed E-state index contributed by atoms with van der Waals surface area (Å²) in [5, 5.41) is 0.629. The Labute approximate surface area is 133 Å². The van der Waals surface area contributed by atoms with Gasteiger partial charge in [0.1, 0.15) is 11.5 Å². The molecule has 2 nitrogen and oxygen atoms in total. The topological polar surface area (TPSA) is 22.4 Å². The van der Waals surface area contributed by atoms with Crippen molar-refractivity contribution in [1.82, 2.24) is 0 Å². The standard InChI is InChI=1S/C15H15Cl3O2/c1-3-13-9(5-6-20-13)15(18)10-7-12(17)14(19-4-2)8-11(10)16/h5-8,15H,3-4H2,1-2H3. The number of rotatable bonds is 5. The van der Waals surface area contributed by atoms with Gasteiger partial charge in [-0.2, -0.15) is 0 Å². The van der Waals surface area contributed by atoms with E-state index in [0.29, 0.717) is 22.4 Å². The van der Waals surface area contributed by atoms with Crippen LogP contribution in [0.1, 0.15) is 36.1 Å². The van der Waals surface area contributed by atoms with Crippen LogP contribution in [-0.2, 0) is 6.42 Å². The molecular weight excluding hydrogens is 319 g/mol. The van der Waals surface area contributed by atoms with E-state index >= 15 is 0 Å². The summed E-state index contributed by atoms with van der Waals surface area (Å²) in [6.07, 6.45) is 2.40. The Morgan fingerprint density at radius 2 is 1.90 bits per heavy atom. The molecule has 1 heterocycles. The molecule has 0 aliphatic rings. The van der Waals surface area contributed by atoms with Crippen LogP contribution in [-0.4, -0.2) is 6.61 Å². The number of aryl methyl sites for hydroxylation is 1. The molecule has 1 aromatic heterocycles. The number of hydrogen-bond acceptors (Lipinski definition) is 2. The zero-order valence-corrected chi connectivity index (χ0v) is 13.5. The van der Waals surface area contributed by atoms with Crippen molar-refractivity contribution in [3.8, 4) is 5.75 Å². The predicted molar refractivity (Wildman–Crippen MR) is 83.4 cm³/mol. The molecule has 20 heavy (non-hydrogen) atoms. The first-order chi connectivity index (χ1) is 9.58. The molecule has 108 valence electrons. The van der Waals surface area contributed by atoms with Crippen LogP contribution in [0.4, 0.5) is 0 Å². The number of halogens is 3. The summed E-state index contributed by atoms with van der Waals surface area (Å²) in [4.78, 5) is 0. The Bertz CT molecular complexity index is 593. The van der Waals surface area contributed by atoms with E-state index in [1.165, 1.54) is 0 Å². The average molecular weight is 334 g/mol. The molecule has 0 fully saturated rings. The number of hydrogen-bond donors (Lipinski definition) is 0. The SMILES string of the molecule is CCOc1cc(Cl)c(C(Cl)c2ccoc2CC)cc1Cl. The fourth-order valence-corrected chi connectivity index (χ4v) is 2.96. The predicted octanol–water partition coefficient (Wildman–Crippen LogP) is 5.88. The molecular formula is C15H15Cl3O2. The summed E-state index contributed by atoms with van der Waals surface area (Å²) in [5.41, 5.74) is 1.66. The summed E-state index contributed by atoms with van der Waals surface area (Å²) in [5.74, 6) is 1.42. The third-order valence-electron chi connectivity index (χ3n) is 3.00. The molecule has 0 bridgehead atoms. The maximum absolute atomic E-state index is 6.52. The van der Waals surface area contributed by atoms with Crippen molar-refractivity contribution in [3.05, 3.63) is 51.4 Å². The highest BCUT2D eigenvalue weighted by molar-refractivity contribution is 6.36. The highest BCUT2D eigenvalue weighted by atomic mass is 35.5. The van der Waals surface area contributed by atoms with Gasteiger partial charge in [-0.15, -0.1) is 11.6 Å². The lowest BCUT2D eigenvalue weighted by molar-refractivity contribution is 0.340. The lowest BCUT2D eigenvalue weighted by Crippen LogP contribution is -1.99. The van der Waals surface area contributed by atoms with Gasteiger partial charge in [-0.3, -0.25) is 0 Å².